The minimum Gasteiger partial charge on any atom is -0.478 e. The Labute approximate surface area is 193 Å². The van der Waals surface area contributed by atoms with E-state index in [-0.39, 0.29) is 28.9 Å². The van der Waals surface area contributed by atoms with Crippen molar-refractivity contribution in [2.45, 2.75) is 13.1 Å². The second kappa shape index (κ2) is 7.79. The zero-order valence-electron chi connectivity index (χ0n) is 17.3. The molecule has 0 atom stereocenters. The minimum absolute atomic E-state index is 0.0262. The summed E-state index contributed by atoms with van der Waals surface area (Å²) in [6.07, 6.45) is 1.35. The van der Waals surface area contributed by atoms with Gasteiger partial charge in [0.25, 0.3) is 0 Å². The number of allylic oxidation sites excluding steroid dienone is 1. The Kier molecular flexibility index (Phi) is 4.74. The van der Waals surface area contributed by atoms with Crippen LogP contribution in [0.1, 0.15) is 27.0 Å². The summed E-state index contributed by atoms with van der Waals surface area (Å²) >= 11 is 6.12. The number of Topliss-reactive ketones (excluding diaryl/α,β-unsaturated/α-hetero) is 1. The average molecular weight is 466 g/mol. The summed E-state index contributed by atoms with van der Waals surface area (Å²) in [5.74, 6) is 1.74. The largest absolute Gasteiger partial charge is 0.478 e. The molecule has 6 nitrogen and oxygen atoms in total. The smallest absolute Gasteiger partial charge is 0.231 e. The quantitative estimate of drug-likeness (QED) is 0.497. The van der Waals surface area contributed by atoms with Crippen LogP contribution in [-0.4, -0.2) is 24.2 Å². The molecule has 0 spiro atoms. The molecule has 0 bridgehead atoms. The highest BCUT2D eigenvalue weighted by Crippen LogP contribution is 2.43. The van der Waals surface area contributed by atoms with E-state index in [1.807, 2.05) is 18.2 Å². The molecule has 3 aliphatic rings. The average Bonchev–Trinajstić information content (AvgIpc) is 3.40. The first-order valence-corrected chi connectivity index (χ1v) is 10.7. The van der Waals surface area contributed by atoms with Gasteiger partial charge in [0, 0.05) is 18.7 Å². The van der Waals surface area contributed by atoms with Crippen LogP contribution in [0, 0.1) is 5.82 Å². The highest BCUT2D eigenvalue weighted by atomic mass is 35.5. The summed E-state index contributed by atoms with van der Waals surface area (Å²) in [5, 5.41) is 0.204. The standard InChI is InChI=1S/C25H17ClFNO5/c26-18-2-1-3-19(27)16(18)9-23-24(29)15-5-7-20-17(25(15)33-23)11-28(12-30-20)10-14-4-6-21-22(8-14)32-13-31-21/h1-9H,10-13H2/b23-9-. The molecule has 3 aliphatic heterocycles. The van der Waals surface area contributed by atoms with Gasteiger partial charge in [-0.2, -0.15) is 0 Å². The number of benzene rings is 3. The van der Waals surface area contributed by atoms with Crippen LogP contribution in [0.15, 0.2) is 54.3 Å². The number of halogens is 2. The predicted octanol–water partition coefficient (Wildman–Crippen LogP) is 5.18. The second-order valence-electron chi connectivity index (χ2n) is 7.94. The van der Waals surface area contributed by atoms with Crippen molar-refractivity contribution in [3.8, 4) is 23.0 Å². The maximum Gasteiger partial charge on any atom is 0.231 e. The number of carbonyl (C=O) groups excluding carboxylic acids is 1. The molecule has 0 saturated heterocycles. The molecule has 0 amide bonds. The summed E-state index contributed by atoms with van der Waals surface area (Å²) in [4.78, 5) is 15.0. The summed E-state index contributed by atoms with van der Waals surface area (Å²) in [5.41, 5.74) is 2.35. The highest BCUT2D eigenvalue weighted by Gasteiger charge is 2.34. The number of ether oxygens (including phenoxy) is 4. The van der Waals surface area contributed by atoms with Gasteiger partial charge in [-0.05, 0) is 48.0 Å². The van der Waals surface area contributed by atoms with E-state index in [0.29, 0.717) is 36.9 Å². The molecule has 6 rings (SSSR count). The zero-order chi connectivity index (χ0) is 22.5. The monoisotopic (exact) mass is 465 g/mol. The number of carbonyl (C=O) groups is 1. The molecular weight excluding hydrogens is 449 g/mol. The molecule has 0 radical (unpaired) electrons. The Hall–Kier alpha value is -3.55. The Morgan fingerprint density at radius 3 is 2.76 bits per heavy atom. The van der Waals surface area contributed by atoms with E-state index in [1.54, 1.807) is 18.2 Å². The van der Waals surface area contributed by atoms with E-state index in [2.05, 4.69) is 4.90 Å². The van der Waals surface area contributed by atoms with Crippen molar-refractivity contribution in [3.05, 3.63) is 87.4 Å². The van der Waals surface area contributed by atoms with Crippen LogP contribution in [0.25, 0.3) is 6.08 Å². The summed E-state index contributed by atoms with van der Waals surface area (Å²) in [6.45, 7) is 1.75. The van der Waals surface area contributed by atoms with Gasteiger partial charge >= 0.3 is 0 Å². The van der Waals surface area contributed by atoms with Crippen molar-refractivity contribution in [2.24, 2.45) is 0 Å². The third-order valence-electron chi connectivity index (χ3n) is 5.80. The topological polar surface area (TPSA) is 57.2 Å². The van der Waals surface area contributed by atoms with E-state index < -0.39 is 5.82 Å². The van der Waals surface area contributed by atoms with Gasteiger partial charge in [0.15, 0.2) is 17.3 Å². The van der Waals surface area contributed by atoms with Crippen LogP contribution in [-0.2, 0) is 13.1 Å². The maximum atomic E-state index is 14.2. The van der Waals surface area contributed by atoms with Gasteiger partial charge in [-0.25, -0.2) is 4.39 Å². The molecule has 3 heterocycles. The summed E-state index contributed by atoms with van der Waals surface area (Å²) in [7, 11) is 0. The molecular formula is C25H17ClFNO5. The number of fused-ring (bicyclic) bond motifs is 4. The normalized spacial score (nSPS) is 17.5. The lowest BCUT2D eigenvalue weighted by molar-refractivity contribution is 0.0872. The van der Waals surface area contributed by atoms with Crippen LogP contribution in [0.3, 0.4) is 0 Å². The molecule has 0 N–H and O–H groups in total. The Morgan fingerprint density at radius 1 is 1.03 bits per heavy atom. The summed E-state index contributed by atoms with van der Waals surface area (Å²) in [6, 6.07) is 13.6. The van der Waals surface area contributed by atoms with Crippen molar-refractivity contribution in [2.75, 3.05) is 13.5 Å². The molecule has 33 heavy (non-hydrogen) atoms. The molecule has 0 aromatic heterocycles. The first kappa shape index (κ1) is 20.1. The maximum absolute atomic E-state index is 14.2. The van der Waals surface area contributed by atoms with Gasteiger partial charge < -0.3 is 18.9 Å². The molecule has 0 fully saturated rings. The number of hydrogen-bond donors (Lipinski definition) is 0. The number of rotatable bonds is 3. The summed E-state index contributed by atoms with van der Waals surface area (Å²) < 4.78 is 36.9. The van der Waals surface area contributed by atoms with Gasteiger partial charge in [0.2, 0.25) is 12.6 Å². The fourth-order valence-corrected chi connectivity index (χ4v) is 4.40. The van der Waals surface area contributed by atoms with Crippen LogP contribution >= 0.6 is 11.6 Å². The van der Waals surface area contributed by atoms with E-state index in [1.165, 1.54) is 18.2 Å². The second-order valence-corrected chi connectivity index (χ2v) is 8.35. The van der Waals surface area contributed by atoms with Crippen LogP contribution in [0.5, 0.6) is 23.0 Å². The third kappa shape index (κ3) is 3.50. The van der Waals surface area contributed by atoms with Crippen molar-refractivity contribution >= 4 is 23.5 Å². The molecule has 0 aliphatic carbocycles. The van der Waals surface area contributed by atoms with Crippen molar-refractivity contribution in [1.29, 1.82) is 0 Å². The van der Waals surface area contributed by atoms with Gasteiger partial charge in [-0.3, -0.25) is 9.69 Å². The zero-order valence-corrected chi connectivity index (χ0v) is 18.0. The Balaban J connectivity index is 1.28. The fourth-order valence-electron chi connectivity index (χ4n) is 4.18. The lowest BCUT2D eigenvalue weighted by Crippen LogP contribution is -2.31. The lowest BCUT2D eigenvalue weighted by Gasteiger charge is -2.29. The molecule has 0 saturated carbocycles. The Bertz CT molecular complexity index is 1320. The van der Waals surface area contributed by atoms with Gasteiger partial charge in [0.1, 0.15) is 24.0 Å². The van der Waals surface area contributed by atoms with Gasteiger partial charge in [-0.1, -0.05) is 23.7 Å². The molecule has 3 aromatic carbocycles. The Morgan fingerprint density at radius 2 is 1.88 bits per heavy atom. The molecule has 8 heteroatoms. The minimum atomic E-state index is -0.525. The predicted molar refractivity (Wildman–Crippen MR) is 118 cm³/mol. The van der Waals surface area contributed by atoms with Crippen LogP contribution < -0.4 is 18.9 Å². The number of hydrogen-bond acceptors (Lipinski definition) is 6. The van der Waals surface area contributed by atoms with Crippen molar-refractivity contribution < 1.29 is 28.1 Å². The fraction of sp³-hybridized carbons (Fsp3) is 0.160. The molecule has 0 unspecified atom stereocenters. The first-order valence-electron chi connectivity index (χ1n) is 10.3. The number of ketones is 1. The van der Waals surface area contributed by atoms with Crippen molar-refractivity contribution in [3.63, 3.8) is 0 Å². The third-order valence-corrected chi connectivity index (χ3v) is 6.13. The highest BCUT2D eigenvalue weighted by molar-refractivity contribution is 6.32. The molecule has 166 valence electrons. The van der Waals surface area contributed by atoms with Crippen molar-refractivity contribution in [1.82, 2.24) is 4.90 Å². The first-order chi connectivity index (χ1) is 16.1. The molecule has 3 aromatic rings. The SMILES string of the molecule is O=C1/C(=C/c2c(F)cccc2Cl)Oc2c1ccc1c2CN(Cc2ccc3c(c2)OCO3)CO1. The van der Waals surface area contributed by atoms with E-state index >= 15 is 0 Å². The number of nitrogens with zero attached hydrogens (tertiary/aromatic N) is 1. The van der Waals surface area contributed by atoms with E-state index in [4.69, 9.17) is 30.5 Å². The van der Waals surface area contributed by atoms with E-state index in [9.17, 15) is 9.18 Å². The van der Waals surface area contributed by atoms with Gasteiger partial charge in [0.05, 0.1) is 16.1 Å². The van der Waals surface area contributed by atoms with Crippen LogP contribution in [0.4, 0.5) is 4.39 Å². The van der Waals surface area contributed by atoms with E-state index in [0.717, 1.165) is 22.6 Å². The van der Waals surface area contributed by atoms with Gasteiger partial charge in [-0.15, -0.1) is 0 Å². The van der Waals surface area contributed by atoms with Crippen LogP contribution in [0.2, 0.25) is 5.02 Å². The lowest BCUT2D eigenvalue weighted by atomic mass is 10.0.